The summed E-state index contributed by atoms with van der Waals surface area (Å²) < 4.78 is 0. The molecule has 0 saturated carbocycles. The quantitative estimate of drug-likeness (QED) is 0.306. The number of rotatable bonds is 8. The summed E-state index contributed by atoms with van der Waals surface area (Å²) in [7, 11) is 0. The Morgan fingerprint density at radius 3 is 2.17 bits per heavy atom. The van der Waals surface area contributed by atoms with Crippen molar-refractivity contribution in [2.45, 2.75) is 53.5 Å². The number of fused-ring (bicyclic) bond motifs is 3. The van der Waals surface area contributed by atoms with Gasteiger partial charge in [0.15, 0.2) is 0 Å². The standard InChI is InChI=1S/C32H35N.C2H6/c1-7-13-24(9-3)25(14-8-2)19-22(5)23(6)20-32(33)26-17-18-30-29-16-12-11-15-28(29)27(10-4)31(30)21-26;1-2/h7-21,27,32H,4-5,33H2,1-3,6H3;1-2H3/b13-7-,14-8-,23-20+,24-9+,25-19+;/t27-,32?;/m0./s1. The van der Waals surface area contributed by atoms with Crippen LogP contribution in [0.2, 0.25) is 0 Å². The fraction of sp³-hybridized carbons (Fsp3) is 0.235. The van der Waals surface area contributed by atoms with Gasteiger partial charge in [-0.05, 0) is 83.9 Å². The molecule has 0 heterocycles. The molecule has 2 atom stereocenters. The van der Waals surface area contributed by atoms with Crippen LogP contribution in [0.15, 0.2) is 127 Å². The summed E-state index contributed by atoms with van der Waals surface area (Å²) >= 11 is 0. The Bertz CT molecular complexity index is 1200. The first-order valence-corrected chi connectivity index (χ1v) is 12.6. The molecule has 182 valence electrons. The van der Waals surface area contributed by atoms with Gasteiger partial charge in [-0.2, -0.15) is 0 Å². The third-order valence-electron chi connectivity index (χ3n) is 6.22. The van der Waals surface area contributed by atoms with Crippen LogP contribution in [0.5, 0.6) is 0 Å². The highest BCUT2D eigenvalue weighted by atomic mass is 14.6. The van der Waals surface area contributed by atoms with E-state index in [9.17, 15) is 0 Å². The molecule has 0 aromatic heterocycles. The fourth-order valence-electron chi connectivity index (χ4n) is 4.45. The minimum Gasteiger partial charge on any atom is -0.321 e. The Kier molecular flexibility index (Phi) is 10.7. The SMILES string of the molecule is C=C[C@H]1c2ccccc2-c2ccc(C(N)/C=C(\C)C(=C)/C=C(\C=C/C)C(/C=C\C)=C/C)cc21.CC. The molecular weight excluding hydrogens is 422 g/mol. The number of allylic oxidation sites excluding steroid dienone is 11. The van der Waals surface area contributed by atoms with E-state index in [0.29, 0.717) is 0 Å². The average Bonchev–Trinajstić information content (AvgIpc) is 3.20. The fourth-order valence-corrected chi connectivity index (χ4v) is 4.45. The molecule has 3 rings (SSSR count). The van der Waals surface area contributed by atoms with Crippen molar-refractivity contribution in [1.29, 1.82) is 0 Å². The number of benzene rings is 2. The lowest BCUT2D eigenvalue weighted by molar-refractivity contribution is 0.896. The molecule has 35 heavy (non-hydrogen) atoms. The molecule has 2 aromatic carbocycles. The minimum absolute atomic E-state index is 0.209. The largest absolute Gasteiger partial charge is 0.321 e. The zero-order chi connectivity index (χ0) is 26.0. The average molecular weight is 464 g/mol. The van der Waals surface area contributed by atoms with Gasteiger partial charge in [0.05, 0.1) is 0 Å². The van der Waals surface area contributed by atoms with E-state index in [2.05, 4.69) is 112 Å². The highest BCUT2D eigenvalue weighted by molar-refractivity contribution is 5.80. The van der Waals surface area contributed by atoms with E-state index in [0.717, 1.165) is 22.3 Å². The molecule has 1 heteroatoms. The van der Waals surface area contributed by atoms with Gasteiger partial charge in [-0.15, -0.1) is 6.58 Å². The summed E-state index contributed by atoms with van der Waals surface area (Å²) in [6.45, 7) is 20.6. The number of hydrogen-bond donors (Lipinski definition) is 1. The Balaban J connectivity index is 0.00000210. The molecule has 0 bridgehead atoms. The van der Waals surface area contributed by atoms with E-state index in [1.54, 1.807) is 0 Å². The van der Waals surface area contributed by atoms with Gasteiger partial charge in [-0.1, -0.05) is 105 Å². The second kappa shape index (κ2) is 13.5. The molecule has 2 N–H and O–H groups in total. The van der Waals surface area contributed by atoms with Crippen molar-refractivity contribution in [3.63, 3.8) is 0 Å². The van der Waals surface area contributed by atoms with E-state index in [1.807, 2.05) is 33.8 Å². The summed E-state index contributed by atoms with van der Waals surface area (Å²) in [5, 5.41) is 0. The van der Waals surface area contributed by atoms with Crippen LogP contribution in [-0.4, -0.2) is 0 Å². The van der Waals surface area contributed by atoms with Crippen molar-refractivity contribution >= 4 is 0 Å². The van der Waals surface area contributed by atoms with E-state index in [4.69, 9.17) is 5.73 Å². The summed E-state index contributed by atoms with van der Waals surface area (Å²) in [6, 6.07) is 14.9. The van der Waals surface area contributed by atoms with Crippen molar-refractivity contribution in [3.8, 4) is 11.1 Å². The van der Waals surface area contributed by atoms with E-state index < -0.39 is 0 Å². The molecule has 0 radical (unpaired) electrons. The van der Waals surface area contributed by atoms with Gasteiger partial charge in [0.1, 0.15) is 0 Å². The van der Waals surface area contributed by atoms with Gasteiger partial charge in [0, 0.05) is 12.0 Å². The Labute approximate surface area is 213 Å². The van der Waals surface area contributed by atoms with Crippen LogP contribution in [0, 0.1) is 0 Å². The predicted molar refractivity (Wildman–Crippen MR) is 157 cm³/mol. The highest BCUT2D eigenvalue weighted by Gasteiger charge is 2.26. The van der Waals surface area contributed by atoms with E-state index in [1.165, 1.54) is 27.8 Å². The van der Waals surface area contributed by atoms with Gasteiger partial charge in [-0.25, -0.2) is 0 Å². The zero-order valence-corrected chi connectivity index (χ0v) is 22.3. The maximum Gasteiger partial charge on any atom is 0.0487 e. The molecular formula is C34H41N. The van der Waals surface area contributed by atoms with Crippen molar-refractivity contribution in [2.75, 3.05) is 0 Å². The normalized spacial score (nSPS) is 16.5. The van der Waals surface area contributed by atoms with Gasteiger partial charge >= 0.3 is 0 Å². The zero-order valence-electron chi connectivity index (χ0n) is 22.3. The predicted octanol–water partition coefficient (Wildman–Crippen LogP) is 9.54. The first-order valence-electron chi connectivity index (χ1n) is 12.6. The van der Waals surface area contributed by atoms with Crippen LogP contribution in [0.25, 0.3) is 11.1 Å². The Morgan fingerprint density at radius 1 is 0.914 bits per heavy atom. The maximum atomic E-state index is 6.64. The van der Waals surface area contributed by atoms with Crippen LogP contribution in [0.1, 0.15) is 70.2 Å². The summed E-state index contributed by atoms with van der Waals surface area (Å²) in [5.74, 6) is 0.209. The van der Waals surface area contributed by atoms with Gasteiger partial charge in [0.2, 0.25) is 0 Å². The van der Waals surface area contributed by atoms with E-state index >= 15 is 0 Å². The third-order valence-corrected chi connectivity index (χ3v) is 6.22. The molecule has 1 nitrogen and oxygen atoms in total. The van der Waals surface area contributed by atoms with Crippen LogP contribution < -0.4 is 5.73 Å². The van der Waals surface area contributed by atoms with Crippen molar-refractivity contribution in [2.24, 2.45) is 5.73 Å². The first-order chi connectivity index (χ1) is 16.9. The summed E-state index contributed by atoms with van der Waals surface area (Å²) in [6.07, 6.45) is 16.7. The lowest BCUT2D eigenvalue weighted by Gasteiger charge is -2.14. The smallest absolute Gasteiger partial charge is 0.0487 e. The molecule has 0 spiro atoms. The lowest BCUT2D eigenvalue weighted by Crippen LogP contribution is -2.09. The van der Waals surface area contributed by atoms with Crippen LogP contribution in [-0.2, 0) is 0 Å². The number of hydrogen-bond acceptors (Lipinski definition) is 1. The molecule has 1 aliphatic rings. The van der Waals surface area contributed by atoms with Crippen LogP contribution in [0.3, 0.4) is 0 Å². The minimum atomic E-state index is -0.212. The van der Waals surface area contributed by atoms with E-state index in [-0.39, 0.29) is 12.0 Å². The third kappa shape index (κ3) is 6.38. The lowest BCUT2D eigenvalue weighted by atomic mass is 9.93. The monoisotopic (exact) mass is 463 g/mol. The highest BCUT2D eigenvalue weighted by Crippen LogP contribution is 2.45. The number of nitrogens with two attached hydrogens (primary N) is 1. The second-order valence-electron chi connectivity index (χ2n) is 8.39. The molecule has 1 aliphatic carbocycles. The van der Waals surface area contributed by atoms with Crippen molar-refractivity contribution < 1.29 is 0 Å². The summed E-state index contributed by atoms with van der Waals surface area (Å²) in [5.41, 5.74) is 17.2. The Hall–Kier alpha value is -3.42. The molecule has 0 amide bonds. The van der Waals surface area contributed by atoms with Gasteiger partial charge in [0.25, 0.3) is 0 Å². The topological polar surface area (TPSA) is 26.0 Å². The molecule has 1 unspecified atom stereocenters. The molecule has 2 aromatic rings. The second-order valence-corrected chi connectivity index (χ2v) is 8.39. The maximum absolute atomic E-state index is 6.64. The van der Waals surface area contributed by atoms with Crippen LogP contribution in [0.4, 0.5) is 0 Å². The van der Waals surface area contributed by atoms with Crippen LogP contribution >= 0.6 is 0 Å². The molecule has 0 aliphatic heterocycles. The summed E-state index contributed by atoms with van der Waals surface area (Å²) in [4.78, 5) is 0. The molecule has 0 saturated heterocycles. The van der Waals surface area contributed by atoms with Gasteiger partial charge in [-0.3, -0.25) is 0 Å². The van der Waals surface area contributed by atoms with Crippen molar-refractivity contribution in [3.05, 3.63) is 143 Å². The Morgan fingerprint density at radius 2 is 1.54 bits per heavy atom. The van der Waals surface area contributed by atoms with Gasteiger partial charge < -0.3 is 5.73 Å². The first kappa shape index (κ1) is 27.8. The molecule has 0 fully saturated rings. The van der Waals surface area contributed by atoms with Crippen molar-refractivity contribution in [1.82, 2.24) is 0 Å².